The Bertz CT molecular complexity index is 702. The number of benzene rings is 1. The molecule has 1 aliphatic carbocycles. The number of carboxylic acid groups (broad SMARTS) is 1. The van der Waals surface area contributed by atoms with E-state index in [1.165, 1.54) is 4.68 Å². The number of aromatic carboxylic acids is 1. The van der Waals surface area contributed by atoms with Gasteiger partial charge in [0.1, 0.15) is 5.56 Å². The van der Waals surface area contributed by atoms with Gasteiger partial charge in [0, 0.05) is 6.04 Å². The van der Waals surface area contributed by atoms with E-state index in [9.17, 15) is 14.7 Å². The summed E-state index contributed by atoms with van der Waals surface area (Å²) in [5.41, 5.74) is 1.09. The van der Waals surface area contributed by atoms with E-state index in [1.54, 1.807) is 6.92 Å². The summed E-state index contributed by atoms with van der Waals surface area (Å²) in [6.07, 6.45) is 1.87. The number of rotatable bonds is 4. The largest absolute Gasteiger partial charge is 0.478 e. The number of nitrogens with zero attached hydrogens (tertiary/aromatic N) is 2. The van der Waals surface area contributed by atoms with Gasteiger partial charge in [0.05, 0.1) is 11.4 Å². The summed E-state index contributed by atoms with van der Waals surface area (Å²) in [5.74, 6) is -1.57. The maximum atomic E-state index is 12.2. The fraction of sp³-hybridized carbons (Fsp3) is 0.267. The van der Waals surface area contributed by atoms with Crippen molar-refractivity contribution in [3.8, 4) is 5.69 Å². The molecule has 0 radical (unpaired) electrons. The Hall–Kier alpha value is -2.63. The minimum absolute atomic E-state index is 0.0317. The topological polar surface area (TPSA) is 84.2 Å². The zero-order valence-corrected chi connectivity index (χ0v) is 11.5. The standard InChI is InChI=1S/C15H15N3O3/c1-9-12(15(20)21)13(14(19)16-10-7-8-10)17-18(9)11-5-3-2-4-6-11/h2-6,10H,7-8H2,1H3,(H,16,19)(H,20,21). The smallest absolute Gasteiger partial charge is 0.340 e. The van der Waals surface area contributed by atoms with E-state index in [0.717, 1.165) is 18.5 Å². The van der Waals surface area contributed by atoms with Gasteiger partial charge < -0.3 is 10.4 Å². The van der Waals surface area contributed by atoms with Gasteiger partial charge in [0.15, 0.2) is 5.69 Å². The van der Waals surface area contributed by atoms with Gasteiger partial charge in [-0.2, -0.15) is 5.10 Å². The molecule has 0 spiro atoms. The van der Waals surface area contributed by atoms with Gasteiger partial charge >= 0.3 is 5.97 Å². The van der Waals surface area contributed by atoms with E-state index >= 15 is 0 Å². The number of aromatic nitrogens is 2. The van der Waals surface area contributed by atoms with Crippen molar-refractivity contribution in [1.82, 2.24) is 15.1 Å². The Morgan fingerprint density at radius 2 is 1.95 bits per heavy atom. The Morgan fingerprint density at radius 3 is 2.52 bits per heavy atom. The quantitative estimate of drug-likeness (QED) is 0.896. The molecule has 0 atom stereocenters. The SMILES string of the molecule is Cc1c(C(=O)O)c(C(=O)NC2CC2)nn1-c1ccccc1. The Balaban J connectivity index is 2.06. The van der Waals surface area contributed by atoms with Crippen LogP contribution in [0.3, 0.4) is 0 Å². The summed E-state index contributed by atoms with van der Waals surface area (Å²) < 4.78 is 1.49. The molecule has 0 bridgehead atoms. The van der Waals surface area contributed by atoms with Gasteiger partial charge in [-0.3, -0.25) is 4.79 Å². The van der Waals surface area contributed by atoms with Crippen LogP contribution in [-0.2, 0) is 0 Å². The number of amides is 1. The zero-order valence-electron chi connectivity index (χ0n) is 11.5. The van der Waals surface area contributed by atoms with Gasteiger partial charge in [-0.1, -0.05) is 18.2 Å². The Morgan fingerprint density at radius 1 is 1.29 bits per heavy atom. The third-order valence-electron chi connectivity index (χ3n) is 3.46. The molecule has 1 saturated carbocycles. The van der Waals surface area contributed by atoms with Crippen LogP contribution in [0.15, 0.2) is 30.3 Å². The molecule has 6 nitrogen and oxygen atoms in total. The third kappa shape index (κ3) is 2.52. The van der Waals surface area contributed by atoms with Crippen molar-refractivity contribution in [3.63, 3.8) is 0 Å². The molecule has 108 valence electrons. The minimum Gasteiger partial charge on any atom is -0.478 e. The highest BCUT2D eigenvalue weighted by molar-refractivity contribution is 6.04. The van der Waals surface area contributed by atoms with E-state index in [-0.39, 0.29) is 17.3 Å². The van der Waals surface area contributed by atoms with Crippen LogP contribution in [0.4, 0.5) is 0 Å². The lowest BCUT2D eigenvalue weighted by Crippen LogP contribution is -2.27. The second-order valence-electron chi connectivity index (χ2n) is 5.11. The summed E-state index contributed by atoms with van der Waals surface area (Å²) in [5, 5.41) is 16.4. The molecule has 3 rings (SSSR count). The van der Waals surface area contributed by atoms with Crippen LogP contribution in [-0.4, -0.2) is 32.8 Å². The van der Waals surface area contributed by atoms with Crippen molar-refractivity contribution < 1.29 is 14.7 Å². The Kier molecular flexibility index (Phi) is 3.21. The summed E-state index contributed by atoms with van der Waals surface area (Å²) >= 11 is 0. The van der Waals surface area contributed by atoms with Crippen molar-refractivity contribution in [3.05, 3.63) is 47.3 Å². The number of para-hydroxylation sites is 1. The second kappa shape index (κ2) is 5.05. The molecule has 21 heavy (non-hydrogen) atoms. The first-order chi connectivity index (χ1) is 10.1. The normalized spacial score (nSPS) is 14.0. The summed E-state index contributed by atoms with van der Waals surface area (Å²) in [4.78, 5) is 23.6. The first-order valence-corrected chi connectivity index (χ1v) is 6.77. The third-order valence-corrected chi connectivity index (χ3v) is 3.46. The molecular weight excluding hydrogens is 270 g/mol. The predicted octanol–water partition coefficient (Wildman–Crippen LogP) is 1.77. The van der Waals surface area contributed by atoms with Crippen molar-refractivity contribution in [2.75, 3.05) is 0 Å². The highest BCUT2D eigenvalue weighted by Crippen LogP contribution is 2.22. The molecule has 2 aromatic rings. The van der Waals surface area contributed by atoms with Gasteiger partial charge in [-0.25, -0.2) is 9.48 Å². The van der Waals surface area contributed by atoms with E-state index in [0.29, 0.717) is 5.69 Å². The lowest BCUT2D eigenvalue weighted by atomic mass is 10.1. The van der Waals surface area contributed by atoms with E-state index < -0.39 is 11.9 Å². The highest BCUT2D eigenvalue weighted by atomic mass is 16.4. The summed E-state index contributed by atoms with van der Waals surface area (Å²) in [7, 11) is 0. The number of carboxylic acids is 1. The Labute approximate surface area is 121 Å². The van der Waals surface area contributed by atoms with Crippen molar-refractivity contribution in [2.45, 2.75) is 25.8 Å². The number of carbonyl (C=O) groups excluding carboxylic acids is 1. The average Bonchev–Trinajstić information content (AvgIpc) is 3.20. The monoisotopic (exact) mass is 285 g/mol. The lowest BCUT2D eigenvalue weighted by Gasteiger charge is -2.03. The molecule has 1 aliphatic rings. The molecule has 0 saturated heterocycles. The first-order valence-electron chi connectivity index (χ1n) is 6.77. The average molecular weight is 285 g/mol. The van der Waals surface area contributed by atoms with Crippen molar-refractivity contribution in [1.29, 1.82) is 0 Å². The van der Waals surface area contributed by atoms with Crippen LogP contribution >= 0.6 is 0 Å². The molecule has 1 aromatic heterocycles. The van der Waals surface area contributed by atoms with Gasteiger partial charge in [0.25, 0.3) is 5.91 Å². The number of hydrogen-bond donors (Lipinski definition) is 2. The van der Waals surface area contributed by atoms with Crippen LogP contribution in [0.5, 0.6) is 0 Å². The van der Waals surface area contributed by atoms with Crippen molar-refractivity contribution in [2.24, 2.45) is 0 Å². The minimum atomic E-state index is -1.14. The molecule has 2 N–H and O–H groups in total. The number of hydrogen-bond acceptors (Lipinski definition) is 3. The van der Waals surface area contributed by atoms with Crippen LogP contribution in [0, 0.1) is 6.92 Å². The zero-order chi connectivity index (χ0) is 15.0. The van der Waals surface area contributed by atoms with Gasteiger partial charge in [-0.05, 0) is 31.9 Å². The molecule has 1 fully saturated rings. The van der Waals surface area contributed by atoms with Crippen molar-refractivity contribution >= 4 is 11.9 Å². The first kappa shape index (κ1) is 13.4. The van der Waals surface area contributed by atoms with Crippen LogP contribution < -0.4 is 5.32 Å². The second-order valence-corrected chi connectivity index (χ2v) is 5.11. The van der Waals surface area contributed by atoms with E-state index in [4.69, 9.17) is 0 Å². The lowest BCUT2D eigenvalue weighted by molar-refractivity contribution is 0.0690. The predicted molar refractivity (Wildman–Crippen MR) is 75.7 cm³/mol. The van der Waals surface area contributed by atoms with E-state index in [1.807, 2.05) is 30.3 Å². The fourth-order valence-electron chi connectivity index (χ4n) is 2.22. The van der Waals surface area contributed by atoms with Crippen LogP contribution in [0.25, 0.3) is 5.69 Å². The molecular formula is C15H15N3O3. The number of nitrogens with one attached hydrogen (secondary N) is 1. The molecule has 1 aromatic carbocycles. The summed E-state index contributed by atoms with van der Waals surface area (Å²) in [6, 6.07) is 9.31. The maximum absolute atomic E-state index is 12.2. The summed E-state index contributed by atoms with van der Waals surface area (Å²) in [6.45, 7) is 1.65. The molecule has 0 unspecified atom stereocenters. The highest BCUT2D eigenvalue weighted by Gasteiger charge is 2.30. The van der Waals surface area contributed by atoms with Crippen LogP contribution in [0.2, 0.25) is 0 Å². The molecule has 0 aliphatic heterocycles. The molecule has 1 amide bonds. The fourth-order valence-corrected chi connectivity index (χ4v) is 2.22. The number of carbonyl (C=O) groups is 2. The van der Waals surface area contributed by atoms with E-state index in [2.05, 4.69) is 10.4 Å². The van der Waals surface area contributed by atoms with Crippen LogP contribution in [0.1, 0.15) is 39.4 Å². The molecule has 6 heteroatoms. The molecule has 1 heterocycles. The van der Waals surface area contributed by atoms with Gasteiger partial charge in [0.2, 0.25) is 0 Å². The van der Waals surface area contributed by atoms with Gasteiger partial charge in [-0.15, -0.1) is 0 Å². The maximum Gasteiger partial charge on any atom is 0.340 e.